The monoisotopic (exact) mass is 311 g/mol. The van der Waals surface area contributed by atoms with Gasteiger partial charge in [-0.2, -0.15) is 0 Å². The van der Waals surface area contributed by atoms with E-state index >= 15 is 0 Å². The normalized spacial score (nSPS) is 27.3. The number of thioether (sulfide) groups is 1. The number of anilines is 1. The lowest BCUT2D eigenvalue weighted by Gasteiger charge is -2.26. The Kier molecular flexibility index (Phi) is 3.98. The molecular formula is C12H17N5O3S. The van der Waals surface area contributed by atoms with Crippen LogP contribution in [0.1, 0.15) is 12.3 Å². The van der Waals surface area contributed by atoms with Gasteiger partial charge in [-0.15, -0.1) is 11.8 Å². The van der Waals surface area contributed by atoms with Crippen molar-refractivity contribution in [3.05, 3.63) is 12.7 Å². The summed E-state index contributed by atoms with van der Waals surface area (Å²) in [6.45, 7) is 2.13. The van der Waals surface area contributed by atoms with Gasteiger partial charge in [-0.05, 0) is 5.75 Å². The predicted octanol–water partition coefficient (Wildman–Crippen LogP) is -0.219. The molecular weight excluding hydrogens is 294 g/mol. The average molecular weight is 311 g/mol. The summed E-state index contributed by atoms with van der Waals surface area (Å²) in [6.07, 6.45) is 0.655. The minimum Gasteiger partial charge on any atom is -0.388 e. The van der Waals surface area contributed by atoms with Gasteiger partial charge < -0.3 is 20.7 Å². The summed E-state index contributed by atoms with van der Waals surface area (Å²) in [5.74, 6) is 1.13. The summed E-state index contributed by atoms with van der Waals surface area (Å²) in [6, 6.07) is 0. The van der Waals surface area contributed by atoms with Crippen molar-refractivity contribution in [1.29, 1.82) is 0 Å². The number of rotatable bonds is 4. The molecule has 0 aromatic carbocycles. The van der Waals surface area contributed by atoms with Crippen LogP contribution >= 0.6 is 11.8 Å². The molecule has 4 N–H and O–H groups in total. The van der Waals surface area contributed by atoms with Crippen LogP contribution in [0, 0.1) is 0 Å². The Morgan fingerprint density at radius 1 is 1.48 bits per heavy atom. The Hall–Kier alpha value is -1.42. The average Bonchev–Trinajstić information content (AvgIpc) is 3.03. The highest BCUT2D eigenvalue weighted by molar-refractivity contribution is 7.99. The number of imidazole rings is 1. The smallest absolute Gasteiger partial charge is 0.166 e. The molecule has 2 aromatic heterocycles. The maximum atomic E-state index is 10.1. The van der Waals surface area contributed by atoms with Crippen molar-refractivity contribution >= 4 is 28.7 Å². The summed E-state index contributed by atoms with van der Waals surface area (Å²) in [5, 5.41) is 19.5. The highest BCUT2D eigenvalue weighted by Gasteiger charge is 2.41. The molecule has 0 saturated carbocycles. The number of nitrogen functional groups attached to an aromatic ring is 1. The van der Waals surface area contributed by atoms with Gasteiger partial charge in [0.05, 0.1) is 12.9 Å². The van der Waals surface area contributed by atoms with E-state index in [0.717, 1.165) is 5.75 Å². The van der Waals surface area contributed by atoms with Crippen molar-refractivity contribution in [1.82, 2.24) is 19.5 Å². The zero-order valence-corrected chi connectivity index (χ0v) is 12.3. The van der Waals surface area contributed by atoms with Crippen LogP contribution in [0.2, 0.25) is 0 Å². The van der Waals surface area contributed by atoms with Gasteiger partial charge in [0.25, 0.3) is 0 Å². The summed E-state index contributed by atoms with van der Waals surface area (Å²) in [7, 11) is 0. The van der Waals surface area contributed by atoms with E-state index in [4.69, 9.17) is 10.5 Å². The Morgan fingerprint density at radius 2 is 2.29 bits per heavy atom. The van der Waals surface area contributed by atoms with Gasteiger partial charge in [-0.1, -0.05) is 6.92 Å². The fourth-order valence-corrected chi connectivity index (χ4v) is 3.52. The minimum atomic E-state index is -0.939. The Morgan fingerprint density at radius 3 is 2.95 bits per heavy atom. The number of ether oxygens (including phenoxy) is 1. The number of aliphatic hydroxyl groups is 2. The van der Waals surface area contributed by atoms with Crippen molar-refractivity contribution in [2.24, 2.45) is 0 Å². The van der Waals surface area contributed by atoms with E-state index in [2.05, 4.69) is 15.0 Å². The molecule has 114 valence electrons. The number of hydrogen-bond donors (Lipinski definition) is 3. The van der Waals surface area contributed by atoms with Crippen LogP contribution in [0.5, 0.6) is 0 Å². The van der Waals surface area contributed by atoms with Gasteiger partial charge in [-0.3, -0.25) is 4.57 Å². The standard InChI is InChI=1S/C12H17N5O3S/c1-2-21-12(9-8(19)6(18)3-20-9)17-5-16-7-10(13)14-4-15-11(7)17/h4-6,8-9,12,18-19H,2-3H2,1H3,(H2,13,14,15). The Labute approximate surface area is 125 Å². The fourth-order valence-electron chi connectivity index (χ4n) is 2.44. The molecule has 9 heteroatoms. The second kappa shape index (κ2) is 5.76. The van der Waals surface area contributed by atoms with Crippen LogP contribution < -0.4 is 5.73 Å². The van der Waals surface area contributed by atoms with Gasteiger partial charge in [-0.25, -0.2) is 15.0 Å². The summed E-state index contributed by atoms with van der Waals surface area (Å²) >= 11 is 1.58. The number of fused-ring (bicyclic) bond motifs is 1. The maximum Gasteiger partial charge on any atom is 0.166 e. The molecule has 0 bridgehead atoms. The molecule has 0 spiro atoms. The summed E-state index contributed by atoms with van der Waals surface area (Å²) < 4.78 is 7.36. The zero-order chi connectivity index (χ0) is 15.0. The third-order valence-electron chi connectivity index (χ3n) is 3.47. The fraction of sp³-hybridized carbons (Fsp3) is 0.583. The van der Waals surface area contributed by atoms with Crippen LogP contribution in [0.4, 0.5) is 5.82 Å². The SMILES string of the molecule is CCSC(C1OCC(O)C1O)n1cnc2c(N)ncnc21. The molecule has 4 atom stereocenters. The van der Waals surface area contributed by atoms with Crippen LogP contribution in [0.3, 0.4) is 0 Å². The maximum absolute atomic E-state index is 10.1. The number of aromatic nitrogens is 4. The van der Waals surface area contributed by atoms with Crippen molar-refractivity contribution in [3.63, 3.8) is 0 Å². The first-order chi connectivity index (χ1) is 10.1. The Balaban J connectivity index is 2.02. The van der Waals surface area contributed by atoms with E-state index in [-0.39, 0.29) is 12.0 Å². The van der Waals surface area contributed by atoms with E-state index in [1.807, 2.05) is 11.5 Å². The molecule has 4 unspecified atom stereocenters. The van der Waals surface area contributed by atoms with E-state index in [1.165, 1.54) is 6.33 Å². The van der Waals surface area contributed by atoms with E-state index in [9.17, 15) is 10.2 Å². The first-order valence-corrected chi connectivity index (χ1v) is 7.70. The summed E-state index contributed by atoms with van der Waals surface area (Å²) in [5.41, 5.74) is 6.90. The molecule has 1 aliphatic heterocycles. The van der Waals surface area contributed by atoms with Crippen molar-refractivity contribution in [3.8, 4) is 0 Å². The van der Waals surface area contributed by atoms with E-state index in [0.29, 0.717) is 17.0 Å². The third kappa shape index (κ3) is 2.46. The molecule has 1 aliphatic rings. The van der Waals surface area contributed by atoms with Crippen molar-refractivity contribution in [2.75, 3.05) is 18.1 Å². The molecule has 3 heterocycles. The lowest BCUT2D eigenvalue weighted by Crippen LogP contribution is -2.35. The molecule has 0 amide bonds. The van der Waals surface area contributed by atoms with Crippen LogP contribution in [-0.2, 0) is 4.74 Å². The number of aliphatic hydroxyl groups excluding tert-OH is 2. The molecule has 0 radical (unpaired) electrons. The first-order valence-electron chi connectivity index (χ1n) is 6.65. The summed E-state index contributed by atoms with van der Waals surface area (Å²) in [4.78, 5) is 12.4. The third-order valence-corrected chi connectivity index (χ3v) is 4.64. The lowest BCUT2D eigenvalue weighted by molar-refractivity contribution is 0.0138. The van der Waals surface area contributed by atoms with Gasteiger partial charge in [0.1, 0.15) is 35.5 Å². The van der Waals surface area contributed by atoms with Crippen molar-refractivity contribution in [2.45, 2.75) is 30.6 Å². The topological polar surface area (TPSA) is 119 Å². The zero-order valence-electron chi connectivity index (χ0n) is 11.5. The molecule has 21 heavy (non-hydrogen) atoms. The number of nitrogens with two attached hydrogens (primary N) is 1. The highest BCUT2D eigenvalue weighted by atomic mass is 32.2. The van der Waals surface area contributed by atoms with Gasteiger partial charge >= 0.3 is 0 Å². The molecule has 0 aliphatic carbocycles. The van der Waals surface area contributed by atoms with Crippen molar-refractivity contribution < 1.29 is 14.9 Å². The molecule has 8 nitrogen and oxygen atoms in total. The minimum absolute atomic E-state index is 0.121. The van der Waals surface area contributed by atoms with Crippen LogP contribution in [0.15, 0.2) is 12.7 Å². The van der Waals surface area contributed by atoms with Gasteiger partial charge in [0.2, 0.25) is 0 Å². The van der Waals surface area contributed by atoms with E-state index < -0.39 is 18.3 Å². The number of hydrogen-bond acceptors (Lipinski definition) is 8. The molecule has 1 fully saturated rings. The predicted molar refractivity (Wildman–Crippen MR) is 78.7 cm³/mol. The molecule has 3 rings (SSSR count). The number of nitrogens with zero attached hydrogens (tertiary/aromatic N) is 4. The van der Waals surface area contributed by atoms with Gasteiger partial charge in [0.15, 0.2) is 11.5 Å². The van der Waals surface area contributed by atoms with Crippen LogP contribution in [-0.4, -0.2) is 60.4 Å². The molecule has 2 aromatic rings. The van der Waals surface area contributed by atoms with Gasteiger partial charge in [0, 0.05) is 0 Å². The largest absolute Gasteiger partial charge is 0.388 e. The second-order valence-corrected chi connectivity index (χ2v) is 6.18. The second-order valence-electron chi connectivity index (χ2n) is 4.78. The lowest BCUT2D eigenvalue weighted by atomic mass is 10.1. The van der Waals surface area contributed by atoms with Crippen LogP contribution in [0.25, 0.3) is 11.2 Å². The first kappa shape index (κ1) is 14.5. The quantitative estimate of drug-likeness (QED) is 0.709. The van der Waals surface area contributed by atoms with E-state index in [1.54, 1.807) is 18.1 Å². The Bertz CT molecular complexity index is 636. The highest BCUT2D eigenvalue weighted by Crippen LogP contribution is 2.36. The molecule has 1 saturated heterocycles.